The molecule has 0 aliphatic carbocycles. The number of amidine groups is 1. The van der Waals surface area contributed by atoms with Gasteiger partial charge in [-0.3, -0.25) is 5.01 Å². The van der Waals surface area contributed by atoms with Crippen molar-refractivity contribution in [2.24, 2.45) is 16.8 Å². The number of hydrogen-bond acceptors (Lipinski definition) is 4. The van der Waals surface area contributed by atoms with E-state index in [2.05, 4.69) is 5.10 Å². The van der Waals surface area contributed by atoms with Crippen LogP contribution in [-0.4, -0.2) is 11.4 Å². The molecule has 0 atom stereocenters. The second-order valence-corrected chi connectivity index (χ2v) is 3.09. The van der Waals surface area contributed by atoms with Crippen LogP contribution in [0.4, 0.5) is 5.69 Å². The predicted octanol–water partition coefficient (Wildman–Crippen LogP) is 0.959. The van der Waals surface area contributed by atoms with Crippen LogP contribution in [0.15, 0.2) is 35.4 Å². The number of nitrogens with two attached hydrogens (primary N) is 2. The molecular weight excluding hydrogens is 184 g/mol. The zero-order valence-corrected chi connectivity index (χ0v) is 8.16. The summed E-state index contributed by atoms with van der Waals surface area (Å²) in [5.74, 6) is 10.9. The van der Waals surface area contributed by atoms with Gasteiger partial charge in [-0.05, 0) is 18.4 Å². The molecule has 1 aromatic rings. The van der Waals surface area contributed by atoms with Crippen LogP contribution in [0.3, 0.4) is 0 Å². The maximum absolute atomic E-state index is 5.76. The van der Waals surface area contributed by atoms with Crippen molar-refractivity contribution in [3.63, 3.8) is 0 Å². The lowest BCUT2D eigenvalue weighted by Gasteiger charge is -2.17. The average Bonchev–Trinajstić information content (AvgIpc) is 2.21. The molecule has 0 aliphatic heterocycles. The number of hydrazine groups is 1. The van der Waals surface area contributed by atoms with E-state index < -0.39 is 0 Å². The zero-order valence-electron chi connectivity index (χ0n) is 7.34. The molecule has 0 bridgehead atoms. The number of rotatable bonds is 1. The molecule has 1 rings (SSSR count). The minimum Gasteiger partial charge on any atom is -0.321 e. The Bertz CT molecular complexity index is 285. The summed E-state index contributed by atoms with van der Waals surface area (Å²) in [4.78, 5) is 0. The highest BCUT2D eigenvalue weighted by Crippen LogP contribution is 2.13. The molecule has 13 heavy (non-hydrogen) atoms. The molecule has 0 radical (unpaired) electrons. The molecule has 4 N–H and O–H groups in total. The molecule has 0 saturated heterocycles. The van der Waals surface area contributed by atoms with Gasteiger partial charge in [-0.1, -0.05) is 30.0 Å². The van der Waals surface area contributed by atoms with E-state index in [0.29, 0.717) is 5.17 Å². The van der Waals surface area contributed by atoms with Crippen molar-refractivity contribution in [2.75, 3.05) is 11.3 Å². The smallest absolute Gasteiger partial charge is 0.201 e. The van der Waals surface area contributed by atoms with E-state index in [4.69, 9.17) is 11.7 Å². The van der Waals surface area contributed by atoms with E-state index in [0.717, 1.165) is 5.69 Å². The minimum absolute atomic E-state index is 0.575. The van der Waals surface area contributed by atoms with E-state index in [-0.39, 0.29) is 0 Å². The minimum atomic E-state index is 0.575. The Hall–Kier alpha value is -1.20. The van der Waals surface area contributed by atoms with Gasteiger partial charge >= 0.3 is 0 Å². The van der Waals surface area contributed by atoms with Gasteiger partial charge in [0.1, 0.15) is 0 Å². The summed E-state index contributed by atoms with van der Waals surface area (Å²) in [5, 5.41) is 5.59. The molecule has 5 heteroatoms. The van der Waals surface area contributed by atoms with Crippen molar-refractivity contribution < 1.29 is 0 Å². The summed E-state index contributed by atoms with van der Waals surface area (Å²) >= 11 is 1.40. The second-order valence-electron chi connectivity index (χ2n) is 2.32. The Kier molecular flexibility index (Phi) is 3.60. The molecular formula is C8H12N4S. The van der Waals surface area contributed by atoms with Gasteiger partial charge in [0.25, 0.3) is 0 Å². The van der Waals surface area contributed by atoms with Crippen molar-refractivity contribution in [3.8, 4) is 0 Å². The molecule has 4 nitrogen and oxygen atoms in total. The first-order chi connectivity index (χ1) is 6.29. The van der Waals surface area contributed by atoms with Gasteiger partial charge in [-0.25, -0.2) is 5.84 Å². The van der Waals surface area contributed by atoms with Gasteiger partial charge in [-0.15, -0.1) is 0 Å². The van der Waals surface area contributed by atoms with Crippen LogP contribution in [0, 0.1) is 0 Å². The topological polar surface area (TPSA) is 67.6 Å². The Labute approximate surface area is 81.6 Å². The molecule has 1 aromatic carbocycles. The highest BCUT2D eigenvalue weighted by atomic mass is 32.2. The lowest BCUT2D eigenvalue weighted by molar-refractivity contribution is 1.11. The summed E-state index contributed by atoms with van der Waals surface area (Å²) in [7, 11) is 0. The fourth-order valence-electron chi connectivity index (χ4n) is 0.912. The number of hydrazone groups is 1. The number of nitrogens with zero attached hydrogens (tertiary/aromatic N) is 2. The Morgan fingerprint density at radius 1 is 1.38 bits per heavy atom. The largest absolute Gasteiger partial charge is 0.321 e. The van der Waals surface area contributed by atoms with Crippen molar-refractivity contribution >= 4 is 22.6 Å². The highest BCUT2D eigenvalue weighted by Gasteiger charge is 2.06. The van der Waals surface area contributed by atoms with E-state index in [9.17, 15) is 0 Å². The fraction of sp³-hybridized carbons (Fsp3) is 0.125. The van der Waals surface area contributed by atoms with E-state index in [1.54, 1.807) is 0 Å². The van der Waals surface area contributed by atoms with E-state index in [1.807, 2.05) is 36.6 Å². The lowest BCUT2D eigenvalue weighted by Crippen LogP contribution is -2.36. The Balaban J connectivity index is 2.85. The van der Waals surface area contributed by atoms with Crippen molar-refractivity contribution in [1.29, 1.82) is 0 Å². The zero-order chi connectivity index (χ0) is 9.68. The molecule has 0 aromatic heterocycles. The monoisotopic (exact) mass is 196 g/mol. The standard InChI is InChI=1S/C8H12N4S/c1-13-8(11-9)12(10)7-5-3-2-4-6-7/h2-6H,9-10H2,1H3/b11-8+. The van der Waals surface area contributed by atoms with Crippen LogP contribution in [0.1, 0.15) is 0 Å². The third-order valence-corrected chi connectivity index (χ3v) is 2.20. The molecule has 0 amide bonds. The first-order valence-corrected chi connectivity index (χ1v) is 4.94. The molecule has 0 saturated carbocycles. The van der Waals surface area contributed by atoms with Gasteiger partial charge in [-0.2, -0.15) is 5.10 Å². The quantitative estimate of drug-likeness (QED) is 0.304. The molecule has 0 heterocycles. The number of para-hydroxylation sites is 1. The molecule has 0 unspecified atom stereocenters. The van der Waals surface area contributed by atoms with Crippen molar-refractivity contribution in [1.82, 2.24) is 0 Å². The molecule has 0 spiro atoms. The maximum atomic E-state index is 5.76. The van der Waals surface area contributed by atoms with Crippen LogP contribution in [0.5, 0.6) is 0 Å². The maximum Gasteiger partial charge on any atom is 0.201 e. The van der Waals surface area contributed by atoms with Crippen LogP contribution >= 0.6 is 11.8 Å². The third-order valence-electron chi connectivity index (χ3n) is 1.53. The highest BCUT2D eigenvalue weighted by molar-refractivity contribution is 8.13. The first-order valence-electron chi connectivity index (χ1n) is 3.71. The lowest BCUT2D eigenvalue weighted by atomic mass is 10.3. The van der Waals surface area contributed by atoms with Gasteiger partial charge in [0.05, 0.1) is 5.69 Å². The van der Waals surface area contributed by atoms with Crippen molar-refractivity contribution in [2.45, 2.75) is 0 Å². The molecule has 70 valence electrons. The summed E-state index contributed by atoms with van der Waals surface area (Å²) in [5.41, 5.74) is 0.862. The number of anilines is 1. The van der Waals surface area contributed by atoms with E-state index >= 15 is 0 Å². The first kappa shape index (κ1) is 9.88. The average molecular weight is 196 g/mol. The van der Waals surface area contributed by atoms with Gasteiger partial charge < -0.3 is 5.84 Å². The van der Waals surface area contributed by atoms with Crippen LogP contribution in [-0.2, 0) is 0 Å². The fourth-order valence-corrected chi connectivity index (χ4v) is 1.32. The SMILES string of the molecule is CS/C(=N/N)N(N)c1ccccc1. The third kappa shape index (κ3) is 2.37. The summed E-state index contributed by atoms with van der Waals surface area (Å²) in [6.45, 7) is 0. The summed E-state index contributed by atoms with van der Waals surface area (Å²) in [6, 6.07) is 9.52. The number of thioether (sulfide) groups is 1. The summed E-state index contributed by atoms with van der Waals surface area (Å²) < 4.78 is 0. The van der Waals surface area contributed by atoms with Crippen LogP contribution in [0.2, 0.25) is 0 Å². The van der Waals surface area contributed by atoms with Crippen LogP contribution < -0.4 is 16.7 Å². The molecule has 0 fully saturated rings. The summed E-state index contributed by atoms with van der Waals surface area (Å²) in [6.07, 6.45) is 1.87. The number of hydrogen-bond donors (Lipinski definition) is 2. The Morgan fingerprint density at radius 3 is 2.46 bits per heavy atom. The van der Waals surface area contributed by atoms with E-state index in [1.165, 1.54) is 16.8 Å². The van der Waals surface area contributed by atoms with Gasteiger partial charge in [0, 0.05) is 0 Å². The Morgan fingerprint density at radius 2 is 2.00 bits per heavy atom. The van der Waals surface area contributed by atoms with Gasteiger partial charge in [0.15, 0.2) is 0 Å². The normalized spacial score (nSPS) is 11.4. The van der Waals surface area contributed by atoms with Gasteiger partial charge in [0.2, 0.25) is 5.17 Å². The van der Waals surface area contributed by atoms with Crippen molar-refractivity contribution in [3.05, 3.63) is 30.3 Å². The predicted molar refractivity (Wildman–Crippen MR) is 58.2 cm³/mol. The second kappa shape index (κ2) is 4.74. The van der Waals surface area contributed by atoms with Crippen LogP contribution in [0.25, 0.3) is 0 Å². The molecule has 0 aliphatic rings. The number of benzene rings is 1.